The van der Waals surface area contributed by atoms with Gasteiger partial charge in [0.2, 0.25) is 0 Å². The molecule has 1 heterocycles. The second-order valence-corrected chi connectivity index (χ2v) is 5.03. The van der Waals surface area contributed by atoms with Crippen molar-refractivity contribution in [3.05, 3.63) is 30.0 Å². The van der Waals surface area contributed by atoms with Gasteiger partial charge in [-0.1, -0.05) is 6.92 Å². The van der Waals surface area contributed by atoms with Crippen LogP contribution in [0.3, 0.4) is 0 Å². The molecule has 2 aromatic rings. The summed E-state index contributed by atoms with van der Waals surface area (Å²) in [4.78, 5) is 4.52. The van der Waals surface area contributed by atoms with Gasteiger partial charge in [0.05, 0.1) is 12.1 Å². The molecule has 2 rings (SSSR count). The molecule has 102 valence electrons. The number of aromatic nitrogens is 1. The number of fused-ring (bicyclic) bond motifs is 1. The Morgan fingerprint density at radius 3 is 2.89 bits per heavy atom. The van der Waals surface area contributed by atoms with Crippen LogP contribution in [-0.4, -0.2) is 25.2 Å². The molecule has 0 bridgehead atoms. The van der Waals surface area contributed by atoms with Gasteiger partial charge in [0, 0.05) is 36.1 Å². The van der Waals surface area contributed by atoms with Gasteiger partial charge >= 0.3 is 0 Å². The molecule has 0 spiro atoms. The Morgan fingerprint density at radius 1 is 1.37 bits per heavy atom. The van der Waals surface area contributed by atoms with Crippen molar-refractivity contribution in [2.45, 2.75) is 13.8 Å². The Bertz CT molecular complexity index is 569. The average molecular weight is 259 g/mol. The Kier molecular flexibility index (Phi) is 4.22. The first-order valence-corrected chi connectivity index (χ1v) is 6.50. The number of nitrogens with two attached hydrogens (primary N) is 1. The lowest BCUT2D eigenvalue weighted by Gasteiger charge is -2.15. The molecule has 0 amide bonds. The maximum atomic E-state index is 5.86. The molecule has 19 heavy (non-hydrogen) atoms. The van der Waals surface area contributed by atoms with Crippen LogP contribution in [0.4, 0.5) is 11.4 Å². The van der Waals surface area contributed by atoms with Gasteiger partial charge in [-0.3, -0.25) is 4.98 Å². The number of nitrogens with zero attached hydrogens (tertiary/aromatic N) is 1. The lowest BCUT2D eigenvalue weighted by atomic mass is 10.1. The quantitative estimate of drug-likeness (QED) is 0.811. The summed E-state index contributed by atoms with van der Waals surface area (Å²) in [5.41, 5.74) is 9.66. The molecule has 0 aliphatic carbocycles. The molecule has 1 aromatic heterocycles. The van der Waals surface area contributed by atoms with Gasteiger partial charge in [0.15, 0.2) is 0 Å². The zero-order chi connectivity index (χ0) is 13.8. The molecule has 0 radical (unpaired) electrons. The van der Waals surface area contributed by atoms with Crippen LogP contribution in [0, 0.1) is 12.8 Å². The van der Waals surface area contributed by atoms with Gasteiger partial charge in [-0.15, -0.1) is 0 Å². The van der Waals surface area contributed by atoms with E-state index < -0.39 is 0 Å². The Morgan fingerprint density at radius 2 is 2.16 bits per heavy atom. The lowest BCUT2D eigenvalue weighted by molar-refractivity contribution is 0.164. The molecule has 1 atom stereocenters. The molecule has 4 nitrogen and oxygen atoms in total. The smallest absolute Gasteiger partial charge is 0.0727 e. The monoisotopic (exact) mass is 259 g/mol. The number of nitrogens with one attached hydrogen (secondary N) is 1. The normalized spacial score (nSPS) is 12.6. The first-order chi connectivity index (χ1) is 9.10. The van der Waals surface area contributed by atoms with E-state index in [4.69, 9.17) is 10.5 Å². The minimum atomic E-state index is 0.453. The Hall–Kier alpha value is -1.81. The second kappa shape index (κ2) is 5.89. The molecule has 0 saturated carbocycles. The minimum Gasteiger partial charge on any atom is -0.399 e. The third kappa shape index (κ3) is 3.35. The van der Waals surface area contributed by atoms with Crippen molar-refractivity contribution in [3.8, 4) is 0 Å². The summed E-state index contributed by atoms with van der Waals surface area (Å²) >= 11 is 0. The second-order valence-electron chi connectivity index (χ2n) is 5.03. The van der Waals surface area contributed by atoms with E-state index in [1.165, 1.54) is 0 Å². The standard InChI is InChI=1S/C15H21N3O/c1-10(9-19-3)8-17-15-6-11(2)18-14-5-4-12(16)7-13(14)15/h4-7,10H,8-9,16H2,1-3H3,(H,17,18). The number of aryl methyl sites for hydroxylation is 1. The summed E-state index contributed by atoms with van der Waals surface area (Å²) in [5, 5.41) is 4.53. The molecular formula is C15H21N3O. The zero-order valence-corrected chi connectivity index (χ0v) is 11.7. The third-order valence-electron chi connectivity index (χ3n) is 3.05. The Balaban J connectivity index is 2.28. The zero-order valence-electron chi connectivity index (χ0n) is 11.7. The van der Waals surface area contributed by atoms with Gasteiger partial charge in [-0.05, 0) is 37.1 Å². The van der Waals surface area contributed by atoms with Crippen LogP contribution >= 0.6 is 0 Å². The molecule has 4 heteroatoms. The molecular weight excluding hydrogens is 238 g/mol. The number of hydrogen-bond acceptors (Lipinski definition) is 4. The van der Waals surface area contributed by atoms with Gasteiger partial charge < -0.3 is 15.8 Å². The van der Waals surface area contributed by atoms with Crippen molar-refractivity contribution in [1.29, 1.82) is 0 Å². The average Bonchev–Trinajstić information content (AvgIpc) is 2.37. The third-order valence-corrected chi connectivity index (χ3v) is 3.05. The first-order valence-electron chi connectivity index (χ1n) is 6.50. The van der Waals surface area contributed by atoms with Crippen molar-refractivity contribution < 1.29 is 4.74 Å². The molecule has 0 fully saturated rings. The van der Waals surface area contributed by atoms with E-state index in [9.17, 15) is 0 Å². The van der Waals surface area contributed by atoms with Crippen LogP contribution in [-0.2, 0) is 4.74 Å². The van der Waals surface area contributed by atoms with Gasteiger partial charge in [0.25, 0.3) is 0 Å². The van der Waals surface area contributed by atoms with Crippen molar-refractivity contribution in [1.82, 2.24) is 4.98 Å². The number of nitrogen functional groups attached to an aromatic ring is 1. The van der Waals surface area contributed by atoms with Crippen molar-refractivity contribution in [2.75, 3.05) is 31.3 Å². The van der Waals surface area contributed by atoms with E-state index in [0.717, 1.165) is 41.1 Å². The van der Waals surface area contributed by atoms with E-state index in [1.54, 1.807) is 7.11 Å². The van der Waals surface area contributed by atoms with Gasteiger partial charge in [-0.25, -0.2) is 0 Å². The number of rotatable bonds is 5. The number of pyridine rings is 1. The van der Waals surface area contributed by atoms with E-state index in [2.05, 4.69) is 23.3 Å². The highest BCUT2D eigenvalue weighted by Gasteiger charge is 2.06. The van der Waals surface area contributed by atoms with Crippen LogP contribution in [0.2, 0.25) is 0 Å². The van der Waals surface area contributed by atoms with Gasteiger partial charge in [-0.2, -0.15) is 0 Å². The van der Waals surface area contributed by atoms with E-state index in [-0.39, 0.29) is 0 Å². The first kappa shape index (κ1) is 13.6. The van der Waals surface area contributed by atoms with Crippen LogP contribution in [0.15, 0.2) is 24.3 Å². The number of methoxy groups -OCH3 is 1. The predicted octanol–water partition coefficient (Wildman–Crippen LogP) is 2.82. The van der Waals surface area contributed by atoms with Crippen LogP contribution in [0.5, 0.6) is 0 Å². The maximum Gasteiger partial charge on any atom is 0.0727 e. The molecule has 1 aromatic carbocycles. The van der Waals surface area contributed by atoms with Gasteiger partial charge in [0.1, 0.15) is 0 Å². The van der Waals surface area contributed by atoms with E-state index >= 15 is 0 Å². The molecule has 0 saturated heterocycles. The minimum absolute atomic E-state index is 0.453. The van der Waals surface area contributed by atoms with E-state index in [1.807, 2.05) is 25.1 Å². The summed E-state index contributed by atoms with van der Waals surface area (Å²) < 4.78 is 5.15. The summed E-state index contributed by atoms with van der Waals surface area (Å²) in [7, 11) is 1.73. The largest absolute Gasteiger partial charge is 0.399 e. The predicted molar refractivity (Wildman–Crippen MR) is 80.4 cm³/mol. The number of ether oxygens (including phenoxy) is 1. The lowest BCUT2D eigenvalue weighted by Crippen LogP contribution is -2.16. The van der Waals surface area contributed by atoms with Crippen LogP contribution < -0.4 is 11.1 Å². The highest BCUT2D eigenvalue weighted by Crippen LogP contribution is 2.25. The fourth-order valence-corrected chi connectivity index (χ4v) is 2.15. The van der Waals surface area contributed by atoms with Crippen molar-refractivity contribution >= 4 is 22.3 Å². The molecule has 1 unspecified atom stereocenters. The Labute approximate surface area is 114 Å². The highest BCUT2D eigenvalue weighted by molar-refractivity contribution is 5.93. The fourth-order valence-electron chi connectivity index (χ4n) is 2.15. The topological polar surface area (TPSA) is 60.2 Å². The summed E-state index contributed by atoms with van der Waals surface area (Å²) in [5.74, 6) is 0.453. The SMILES string of the molecule is COCC(C)CNc1cc(C)nc2ccc(N)cc12. The number of anilines is 2. The molecule has 0 aliphatic rings. The summed E-state index contributed by atoms with van der Waals surface area (Å²) in [6, 6.07) is 7.86. The highest BCUT2D eigenvalue weighted by atomic mass is 16.5. The summed E-state index contributed by atoms with van der Waals surface area (Å²) in [6.07, 6.45) is 0. The van der Waals surface area contributed by atoms with Crippen LogP contribution in [0.25, 0.3) is 10.9 Å². The molecule has 0 aliphatic heterocycles. The fraction of sp³-hybridized carbons (Fsp3) is 0.400. The number of benzene rings is 1. The molecule has 3 N–H and O–H groups in total. The number of hydrogen-bond donors (Lipinski definition) is 2. The maximum absolute atomic E-state index is 5.86. The van der Waals surface area contributed by atoms with Crippen LogP contribution in [0.1, 0.15) is 12.6 Å². The summed E-state index contributed by atoms with van der Waals surface area (Å²) in [6.45, 7) is 5.76. The van der Waals surface area contributed by atoms with Crippen molar-refractivity contribution in [2.24, 2.45) is 5.92 Å². The van der Waals surface area contributed by atoms with Crippen molar-refractivity contribution in [3.63, 3.8) is 0 Å². The van der Waals surface area contributed by atoms with E-state index in [0.29, 0.717) is 5.92 Å².